The van der Waals surface area contributed by atoms with Gasteiger partial charge in [-0.25, -0.2) is 0 Å². The maximum Gasteiger partial charge on any atom is 0.323 e. The molecule has 1 saturated carbocycles. The molecule has 1 aromatic rings. The molecule has 3 N–H and O–H groups in total. The molecule has 2 aliphatic carbocycles. The van der Waals surface area contributed by atoms with Gasteiger partial charge >= 0.3 is 11.9 Å². The molecule has 4 aliphatic rings. The van der Waals surface area contributed by atoms with Crippen LogP contribution in [0.25, 0.3) is 0 Å². The number of hydroxylamine groups is 1. The van der Waals surface area contributed by atoms with E-state index in [1.165, 1.54) is 5.06 Å². The van der Waals surface area contributed by atoms with Crippen molar-refractivity contribution in [1.29, 1.82) is 0 Å². The van der Waals surface area contributed by atoms with E-state index in [0.29, 0.717) is 28.3 Å². The lowest BCUT2D eigenvalue weighted by Crippen LogP contribution is -2.66. The van der Waals surface area contributed by atoms with Crippen LogP contribution in [0.3, 0.4) is 0 Å². The minimum absolute atomic E-state index is 0.0209. The molecule has 0 aromatic heterocycles. The van der Waals surface area contributed by atoms with Gasteiger partial charge in [0.15, 0.2) is 18.4 Å². The highest BCUT2D eigenvalue weighted by Gasteiger charge is 2.62. The fourth-order valence-electron chi connectivity index (χ4n) is 7.12. The first-order chi connectivity index (χ1) is 19.2. The van der Waals surface area contributed by atoms with Gasteiger partial charge in [0.05, 0.1) is 16.6 Å². The van der Waals surface area contributed by atoms with Crippen molar-refractivity contribution in [3.63, 3.8) is 0 Å². The summed E-state index contributed by atoms with van der Waals surface area (Å²) in [5.74, 6) is -2.18. The van der Waals surface area contributed by atoms with Crippen LogP contribution in [0.15, 0.2) is 42.0 Å². The van der Waals surface area contributed by atoms with Gasteiger partial charge in [0.2, 0.25) is 0 Å². The van der Waals surface area contributed by atoms with Gasteiger partial charge in [-0.1, -0.05) is 62.7 Å². The number of benzene rings is 1. The molecule has 1 aromatic carbocycles. The zero-order valence-corrected chi connectivity index (χ0v) is 25.3. The number of nitrogens with one attached hydrogen (secondary N) is 1. The van der Waals surface area contributed by atoms with E-state index in [4.69, 9.17) is 25.9 Å². The van der Waals surface area contributed by atoms with Gasteiger partial charge in [-0.15, -0.1) is 0 Å². The fraction of sp³-hybridized carbons (Fsp3) is 0.613. The SMILES string of the molecule is C=C(C)[C@@H]1CC[C@@H](C)[C@@]2(O)[C@H]1C=C(C)[C@@H](OC(=O)C(C)C)[C@@H]2OC(=O)[C@@H]1C[C@@]2(O)c3cccc(Cl)c3N(C)O[C@H]2N1. The third-order valence-electron chi connectivity index (χ3n) is 9.50. The van der Waals surface area contributed by atoms with Crippen LogP contribution >= 0.6 is 11.6 Å². The average molecular weight is 589 g/mol. The fourth-order valence-corrected chi connectivity index (χ4v) is 7.41. The highest BCUT2D eigenvalue weighted by Crippen LogP contribution is 2.53. The number of carbonyl (C=O) groups excluding carboxylic acids is 2. The van der Waals surface area contributed by atoms with E-state index in [9.17, 15) is 19.8 Å². The molecule has 9 nitrogen and oxygen atoms in total. The normalized spacial score (nSPS) is 38.0. The number of aliphatic hydroxyl groups is 2. The Morgan fingerprint density at radius 3 is 2.61 bits per heavy atom. The van der Waals surface area contributed by atoms with Crippen LogP contribution in [-0.2, 0) is 29.5 Å². The van der Waals surface area contributed by atoms with Crippen LogP contribution in [0.1, 0.15) is 59.4 Å². The zero-order valence-electron chi connectivity index (χ0n) is 24.5. The number of carbonyl (C=O) groups is 2. The molecule has 5 rings (SSSR count). The number of rotatable bonds is 5. The summed E-state index contributed by atoms with van der Waals surface area (Å²) in [5, 5.41) is 29.2. The molecule has 9 atom stereocenters. The Labute approximate surface area is 246 Å². The van der Waals surface area contributed by atoms with Crippen LogP contribution in [0.4, 0.5) is 5.69 Å². The molecule has 0 bridgehead atoms. The average Bonchev–Trinajstić information content (AvgIpc) is 3.25. The lowest BCUT2D eigenvalue weighted by atomic mass is 9.56. The standard InChI is InChI=1S/C31H41ClN2O7/c1-15(2)19-12-11-18(6)31(38)21(19)13-17(5)25(39-27(35)16(3)4)26(31)40-28(36)23-14-30(37)20-9-8-10-22(32)24(20)34(7)41-29(30)33-23/h8-10,13,16,18-19,21,23,25-26,29,33,37-38H,1,11-12,14H2,2-7H3/t18-,19+,21+,23+,25-,26+,29-,30-,31-/m1/s1. The van der Waals surface area contributed by atoms with Crippen LogP contribution in [0, 0.1) is 23.7 Å². The molecule has 0 amide bonds. The number of esters is 2. The minimum Gasteiger partial charge on any atom is -0.454 e. The van der Waals surface area contributed by atoms with Crippen molar-refractivity contribution in [2.24, 2.45) is 23.7 Å². The van der Waals surface area contributed by atoms with Crippen molar-refractivity contribution in [3.8, 4) is 0 Å². The first-order valence-electron chi connectivity index (χ1n) is 14.3. The summed E-state index contributed by atoms with van der Waals surface area (Å²) in [6.45, 7) is 13.4. The van der Waals surface area contributed by atoms with Crippen molar-refractivity contribution < 1.29 is 34.1 Å². The summed E-state index contributed by atoms with van der Waals surface area (Å²) in [7, 11) is 1.68. The number of hydrogen-bond acceptors (Lipinski definition) is 9. The van der Waals surface area contributed by atoms with E-state index in [2.05, 4.69) is 11.9 Å². The van der Waals surface area contributed by atoms with Crippen LogP contribution in [0.5, 0.6) is 0 Å². The highest BCUT2D eigenvalue weighted by atomic mass is 35.5. The number of para-hydroxylation sites is 1. The van der Waals surface area contributed by atoms with Crippen LogP contribution in [-0.4, -0.2) is 59.3 Å². The van der Waals surface area contributed by atoms with E-state index in [0.717, 1.165) is 12.0 Å². The molecular formula is C31H41ClN2O7. The topological polar surface area (TPSA) is 118 Å². The molecular weight excluding hydrogens is 548 g/mol. The Kier molecular flexibility index (Phi) is 7.83. The predicted octanol–water partition coefficient (Wildman–Crippen LogP) is 4.01. The Bertz CT molecular complexity index is 1280. The summed E-state index contributed by atoms with van der Waals surface area (Å²) >= 11 is 6.41. The van der Waals surface area contributed by atoms with Crippen molar-refractivity contribution in [2.45, 2.75) is 89.6 Å². The Morgan fingerprint density at radius 2 is 1.95 bits per heavy atom. The number of ether oxygens (including phenoxy) is 2. The zero-order chi connectivity index (χ0) is 30.0. The predicted molar refractivity (Wildman–Crippen MR) is 154 cm³/mol. The smallest absolute Gasteiger partial charge is 0.323 e. The van der Waals surface area contributed by atoms with E-state index in [-0.39, 0.29) is 24.2 Å². The second-order valence-corrected chi connectivity index (χ2v) is 13.0. The second kappa shape index (κ2) is 10.7. The van der Waals surface area contributed by atoms with E-state index < -0.39 is 53.5 Å². The van der Waals surface area contributed by atoms with Crippen LogP contribution < -0.4 is 10.4 Å². The lowest BCUT2D eigenvalue weighted by molar-refractivity contribution is -0.222. The molecule has 0 unspecified atom stereocenters. The van der Waals surface area contributed by atoms with Gasteiger partial charge < -0.3 is 19.7 Å². The highest BCUT2D eigenvalue weighted by molar-refractivity contribution is 6.33. The van der Waals surface area contributed by atoms with Gasteiger partial charge in [0.1, 0.15) is 17.2 Å². The first kappa shape index (κ1) is 30.0. The number of halogens is 1. The first-order valence-corrected chi connectivity index (χ1v) is 14.7. The Morgan fingerprint density at radius 1 is 1.24 bits per heavy atom. The van der Waals surface area contributed by atoms with E-state index in [1.807, 2.05) is 26.8 Å². The van der Waals surface area contributed by atoms with Gasteiger partial charge in [-0.3, -0.25) is 24.8 Å². The third-order valence-corrected chi connectivity index (χ3v) is 9.80. The maximum atomic E-state index is 13.9. The van der Waals surface area contributed by atoms with Gasteiger partial charge in [0.25, 0.3) is 0 Å². The maximum absolute atomic E-state index is 13.9. The third kappa shape index (κ3) is 4.79. The summed E-state index contributed by atoms with van der Waals surface area (Å²) in [6.07, 6.45) is 0.405. The Balaban J connectivity index is 1.48. The van der Waals surface area contributed by atoms with Gasteiger partial charge in [0, 0.05) is 24.9 Å². The molecule has 1 saturated heterocycles. The van der Waals surface area contributed by atoms with Crippen molar-refractivity contribution in [1.82, 2.24) is 5.32 Å². The molecule has 2 fully saturated rings. The van der Waals surface area contributed by atoms with Gasteiger partial charge in [-0.05, 0) is 50.2 Å². The minimum atomic E-state index is -1.55. The number of hydrogen-bond donors (Lipinski definition) is 3. The molecule has 224 valence electrons. The largest absolute Gasteiger partial charge is 0.454 e. The summed E-state index contributed by atoms with van der Waals surface area (Å²) < 4.78 is 12.1. The molecule has 0 radical (unpaired) electrons. The molecule has 2 heterocycles. The summed E-state index contributed by atoms with van der Waals surface area (Å²) in [4.78, 5) is 32.6. The molecule has 0 spiro atoms. The van der Waals surface area contributed by atoms with Crippen molar-refractivity contribution >= 4 is 29.2 Å². The number of fused-ring (bicyclic) bond motifs is 4. The van der Waals surface area contributed by atoms with Crippen molar-refractivity contribution in [2.75, 3.05) is 12.1 Å². The van der Waals surface area contributed by atoms with Crippen LogP contribution in [0.2, 0.25) is 5.02 Å². The lowest BCUT2D eigenvalue weighted by Gasteiger charge is -2.55. The van der Waals surface area contributed by atoms with Gasteiger partial charge in [-0.2, -0.15) is 0 Å². The monoisotopic (exact) mass is 588 g/mol. The quantitative estimate of drug-likeness (QED) is 0.346. The summed E-state index contributed by atoms with van der Waals surface area (Å²) in [6, 6.07) is 4.24. The summed E-state index contributed by atoms with van der Waals surface area (Å²) in [5.41, 5.74) is -0.336. The molecule has 10 heteroatoms. The number of nitrogens with zero attached hydrogens (tertiary/aromatic N) is 1. The second-order valence-electron chi connectivity index (χ2n) is 12.6. The molecule has 2 aliphatic heterocycles. The van der Waals surface area contributed by atoms with E-state index in [1.54, 1.807) is 39.1 Å². The Hall–Kier alpha value is -2.43. The van der Waals surface area contributed by atoms with E-state index >= 15 is 0 Å². The molecule has 41 heavy (non-hydrogen) atoms. The van der Waals surface area contributed by atoms with Crippen molar-refractivity contribution in [3.05, 3.63) is 52.6 Å². The number of allylic oxidation sites excluding steroid dienone is 1. The number of anilines is 1.